The summed E-state index contributed by atoms with van der Waals surface area (Å²) in [5, 5.41) is 34.0. The van der Waals surface area contributed by atoms with Crippen molar-refractivity contribution in [2.24, 2.45) is 35.5 Å². The van der Waals surface area contributed by atoms with Crippen LogP contribution in [0.3, 0.4) is 0 Å². The average Bonchev–Trinajstić information content (AvgIpc) is 3.31. The largest absolute Gasteiger partial charge is 0.460 e. The lowest BCUT2D eigenvalue weighted by molar-refractivity contribution is -0.266. The number of allylic oxidation sites excluding steroid dienone is 6. The van der Waals surface area contributed by atoms with Crippen LogP contribution in [0, 0.1) is 35.5 Å². The van der Waals surface area contributed by atoms with Crippen LogP contribution >= 0.6 is 0 Å². The standard InChI is InChI=1S/C53H83NO14/c1-32-16-12-11-13-17-33(2)44(66-25-24-63-8)30-40-21-19-38(7)53(62,68-40)50(59)51(60)54-23-15-14-18-41(54)52(61)67-45(35(4)28-39-20-22-42(55)46(29-39)64-9)31-43(56)34(3)27-37(6)48(58)49(65-10)47(57)36(5)26-32/h11-13,16-17,27,32,34-36,38-42,44-46,48-49,55,58,62H,14-15,18-26,28-31H2,1-10H3/b13-11?,16-12+,33-17?,37-27+/t32-,34-,35?,36-,38-,39+,40+,41+,42-,44-,45+,46-,48-,49+,53-/m1/s1. The number of fused-ring (bicyclic) bond motifs is 3. The molecule has 2 saturated heterocycles. The minimum Gasteiger partial charge on any atom is -0.460 e. The SMILES string of the molecule is COCCO[C@@H]1C[C@@H]2CC[C@@H](C)[C@@](O)(O2)C(=O)C(=O)N2CCCC[C@H]2C(=O)O[C@H](C(C)C[C@@H]2CC[C@@H](O)[C@H](OC)C2)CC(=O)[C@H](C)/C=C(\C)[C@@H](O)[C@@H](OC)C(=O)[C@H](C)C[C@H](C)/C=C/C=CC=C1C. The fourth-order valence-electron chi connectivity index (χ4n) is 10.3. The molecule has 0 aromatic rings. The molecular weight excluding hydrogens is 875 g/mol. The number of ketones is 3. The summed E-state index contributed by atoms with van der Waals surface area (Å²) < 4.78 is 35.1. The topological polar surface area (TPSA) is 205 Å². The number of carbonyl (C=O) groups excluding carboxylic acids is 5. The summed E-state index contributed by atoms with van der Waals surface area (Å²) in [6, 6.07) is -1.15. The van der Waals surface area contributed by atoms with Crippen molar-refractivity contribution in [3.8, 4) is 0 Å². The van der Waals surface area contributed by atoms with Crippen molar-refractivity contribution in [2.75, 3.05) is 41.1 Å². The minimum absolute atomic E-state index is 0.00394. The molecule has 15 nitrogen and oxygen atoms in total. The van der Waals surface area contributed by atoms with Gasteiger partial charge in [0.05, 0.1) is 37.6 Å². The van der Waals surface area contributed by atoms with E-state index in [4.69, 9.17) is 28.4 Å². The van der Waals surface area contributed by atoms with Gasteiger partial charge < -0.3 is 48.6 Å². The second kappa shape index (κ2) is 27.3. The summed E-state index contributed by atoms with van der Waals surface area (Å²) in [7, 11) is 4.52. The van der Waals surface area contributed by atoms with Crippen LogP contribution in [0.5, 0.6) is 0 Å². The van der Waals surface area contributed by atoms with E-state index in [1.54, 1.807) is 41.1 Å². The fraction of sp³-hybridized carbons (Fsp3) is 0.755. The Labute approximate surface area is 405 Å². The Morgan fingerprint density at radius 2 is 1.59 bits per heavy atom. The average molecular weight is 958 g/mol. The lowest BCUT2D eigenvalue weighted by atomic mass is 9.78. The van der Waals surface area contributed by atoms with Gasteiger partial charge in [0.15, 0.2) is 5.78 Å². The number of carbonyl (C=O) groups is 5. The van der Waals surface area contributed by atoms with E-state index in [0.29, 0.717) is 63.5 Å². The van der Waals surface area contributed by atoms with Crippen molar-refractivity contribution in [3.63, 3.8) is 0 Å². The number of Topliss-reactive ketones (excluding diaryl/α,β-unsaturated/α-hetero) is 3. The lowest BCUT2D eigenvalue weighted by Crippen LogP contribution is -2.61. The zero-order valence-corrected chi connectivity index (χ0v) is 42.4. The van der Waals surface area contributed by atoms with Gasteiger partial charge in [-0.15, -0.1) is 0 Å². The quantitative estimate of drug-likeness (QED) is 0.102. The number of piperidine rings is 1. The number of methoxy groups -OCH3 is 3. The summed E-state index contributed by atoms with van der Waals surface area (Å²) >= 11 is 0. The third kappa shape index (κ3) is 15.5. The zero-order valence-electron chi connectivity index (χ0n) is 42.4. The third-order valence-electron chi connectivity index (χ3n) is 14.8. The summed E-state index contributed by atoms with van der Waals surface area (Å²) in [6.07, 6.45) is 10.9. The highest BCUT2D eigenvalue weighted by atomic mass is 16.6. The molecule has 1 unspecified atom stereocenters. The van der Waals surface area contributed by atoms with E-state index in [-0.39, 0.29) is 67.8 Å². The highest BCUT2D eigenvalue weighted by Crippen LogP contribution is 2.38. The molecule has 3 heterocycles. The van der Waals surface area contributed by atoms with Gasteiger partial charge in [0.2, 0.25) is 5.79 Å². The van der Waals surface area contributed by atoms with Crippen LogP contribution in [0.25, 0.3) is 0 Å². The van der Waals surface area contributed by atoms with Gasteiger partial charge in [-0.1, -0.05) is 71.1 Å². The predicted octanol–water partition coefficient (Wildman–Crippen LogP) is 6.20. The Bertz CT molecular complexity index is 1810. The van der Waals surface area contributed by atoms with Gasteiger partial charge in [-0.2, -0.15) is 0 Å². The first-order valence-electron chi connectivity index (χ1n) is 25.0. The van der Waals surface area contributed by atoms with Gasteiger partial charge in [0, 0.05) is 58.5 Å². The number of hydrogen-bond acceptors (Lipinski definition) is 14. The van der Waals surface area contributed by atoms with Crippen LogP contribution in [-0.2, 0) is 52.4 Å². The fourth-order valence-corrected chi connectivity index (χ4v) is 10.3. The van der Waals surface area contributed by atoms with Crippen LogP contribution in [0.4, 0.5) is 0 Å². The highest BCUT2D eigenvalue weighted by Gasteiger charge is 2.53. The number of esters is 1. The molecule has 15 heteroatoms. The van der Waals surface area contributed by atoms with Gasteiger partial charge in [-0.3, -0.25) is 19.2 Å². The summed E-state index contributed by atoms with van der Waals surface area (Å²) in [6.45, 7) is 13.4. The Balaban J connectivity index is 1.72. The van der Waals surface area contributed by atoms with Gasteiger partial charge >= 0.3 is 5.97 Å². The number of hydrogen-bond donors (Lipinski definition) is 3. The number of amides is 1. The molecule has 3 N–H and O–H groups in total. The number of aliphatic hydroxyl groups excluding tert-OH is 2. The van der Waals surface area contributed by atoms with E-state index in [1.165, 1.54) is 12.0 Å². The van der Waals surface area contributed by atoms with Crippen molar-refractivity contribution in [1.29, 1.82) is 0 Å². The molecule has 4 rings (SSSR count). The van der Waals surface area contributed by atoms with E-state index in [9.17, 15) is 39.3 Å². The first-order valence-corrected chi connectivity index (χ1v) is 25.0. The molecular formula is C53H83NO14. The number of cyclic esters (lactones) is 1. The van der Waals surface area contributed by atoms with E-state index in [0.717, 1.165) is 12.0 Å². The van der Waals surface area contributed by atoms with Crippen molar-refractivity contribution in [1.82, 2.24) is 4.90 Å². The van der Waals surface area contributed by atoms with E-state index in [1.807, 2.05) is 58.1 Å². The van der Waals surface area contributed by atoms with Crippen LogP contribution in [0.1, 0.15) is 126 Å². The van der Waals surface area contributed by atoms with E-state index in [2.05, 4.69) is 0 Å². The first kappa shape index (κ1) is 57.2. The Hall–Kier alpha value is -3.41. The summed E-state index contributed by atoms with van der Waals surface area (Å²) in [4.78, 5) is 72.2. The second-order valence-corrected chi connectivity index (χ2v) is 20.2. The Morgan fingerprint density at radius 3 is 2.28 bits per heavy atom. The number of nitrogens with zero attached hydrogens (tertiary/aromatic N) is 1. The molecule has 1 saturated carbocycles. The van der Waals surface area contributed by atoms with Gasteiger partial charge in [0.25, 0.3) is 11.7 Å². The molecule has 0 radical (unpaired) electrons. The lowest BCUT2D eigenvalue weighted by Gasteiger charge is -2.43. The highest BCUT2D eigenvalue weighted by molar-refractivity contribution is 6.39. The van der Waals surface area contributed by atoms with E-state index >= 15 is 0 Å². The molecule has 3 fully saturated rings. The summed E-state index contributed by atoms with van der Waals surface area (Å²) in [5.41, 5.74) is 1.24. The molecule has 68 heavy (non-hydrogen) atoms. The molecule has 3 aliphatic heterocycles. The van der Waals surface area contributed by atoms with Gasteiger partial charge in [-0.25, -0.2) is 4.79 Å². The molecule has 1 aliphatic carbocycles. The molecule has 0 spiro atoms. The minimum atomic E-state index is -2.46. The number of rotatable bonds is 9. The van der Waals surface area contributed by atoms with Crippen LogP contribution in [0.15, 0.2) is 47.6 Å². The summed E-state index contributed by atoms with van der Waals surface area (Å²) in [5.74, 6) is -8.09. The third-order valence-corrected chi connectivity index (χ3v) is 14.8. The van der Waals surface area contributed by atoms with Crippen molar-refractivity contribution >= 4 is 29.2 Å². The van der Waals surface area contributed by atoms with E-state index < -0.39 is 83.9 Å². The normalized spacial score (nSPS) is 37.9. The van der Waals surface area contributed by atoms with Crippen LogP contribution < -0.4 is 0 Å². The second-order valence-electron chi connectivity index (χ2n) is 20.2. The molecule has 0 aromatic carbocycles. The molecule has 2 bridgehead atoms. The van der Waals surface area contributed by atoms with Crippen molar-refractivity contribution in [3.05, 3.63) is 47.6 Å². The zero-order chi connectivity index (χ0) is 50.3. The molecule has 1 amide bonds. The monoisotopic (exact) mass is 958 g/mol. The number of aliphatic hydroxyl groups is 3. The maximum Gasteiger partial charge on any atom is 0.329 e. The first-order chi connectivity index (χ1) is 32.2. The maximum atomic E-state index is 14.4. The smallest absolute Gasteiger partial charge is 0.329 e. The van der Waals surface area contributed by atoms with Crippen molar-refractivity contribution < 1.29 is 67.7 Å². The molecule has 384 valence electrons. The number of ether oxygens (including phenoxy) is 6. The predicted molar refractivity (Wildman–Crippen MR) is 256 cm³/mol. The molecule has 0 aromatic heterocycles. The Morgan fingerprint density at radius 1 is 0.853 bits per heavy atom. The van der Waals surface area contributed by atoms with Gasteiger partial charge in [-0.05, 0) is 107 Å². The molecule has 4 aliphatic rings. The maximum absolute atomic E-state index is 14.4. The van der Waals surface area contributed by atoms with Crippen LogP contribution in [-0.4, -0.2) is 145 Å². The Kier molecular flexibility index (Phi) is 22.9. The van der Waals surface area contributed by atoms with Crippen molar-refractivity contribution in [2.45, 2.75) is 180 Å². The van der Waals surface area contributed by atoms with Gasteiger partial charge in [0.1, 0.15) is 30.1 Å². The molecule has 15 atom stereocenters. The van der Waals surface area contributed by atoms with Crippen LogP contribution in [0.2, 0.25) is 0 Å².